The van der Waals surface area contributed by atoms with Gasteiger partial charge in [0.15, 0.2) is 0 Å². The summed E-state index contributed by atoms with van der Waals surface area (Å²) in [6, 6.07) is 0.543. The van der Waals surface area contributed by atoms with E-state index in [0.29, 0.717) is 18.5 Å². The summed E-state index contributed by atoms with van der Waals surface area (Å²) in [4.78, 5) is 28.6. The van der Waals surface area contributed by atoms with E-state index in [1.165, 1.54) is 0 Å². The molecule has 0 N–H and O–H groups in total. The van der Waals surface area contributed by atoms with Crippen LogP contribution in [-0.4, -0.2) is 59.0 Å². The SMILES string of the molecule is CCC(=O)N1CCC[C@@H]1[C@@H]1CCCN1[C@H]1C[C@H](C)OC1=O. The van der Waals surface area contributed by atoms with Gasteiger partial charge in [0.1, 0.15) is 12.1 Å². The van der Waals surface area contributed by atoms with E-state index in [0.717, 1.165) is 45.2 Å². The summed E-state index contributed by atoms with van der Waals surface area (Å²) in [5.74, 6) is 0.187. The molecule has 118 valence electrons. The Morgan fingerprint density at radius 2 is 1.95 bits per heavy atom. The number of likely N-dealkylation sites (tertiary alicyclic amines) is 2. The van der Waals surface area contributed by atoms with E-state index in [-0.39, 0.29) is 24.0 Å². The molecule has 0 bridgehead atoms. The lowest BCUT2D eigenvalue weighted by molar-refractivity contribution is -0.145. The van der Waals surface area contributed by atoms with Gasteiger partial charge in [0.25, 0.3) is 0 Å². The van der Waals surface area contributed by atoms with Crippen LogP contribution in [0.25, 0.3) is 0 Å². The highest BCUT2D eigenvalue weighted by Crippen LogP contribution is 2.34. The van der Waals surface area contributed by atoms with E-state index in [1.807, 2.05) is 13.8 Å². The van der Waals surface area contributed by atoms with Crippen LogP contribution in [0.15, 0.2) is 0 Å². The van der Waals surface area contributed by atoms with Gasteiger partial charge in [-0.3, -0.25) is 14.5 Å². The Hall–Kier alpha value is -1.10. The lowest BCUT2D eigenvalue weighted by Gasteiger charge is -2.36. The number of carbonyl (C=O) groups excluding carboxylic acids is 2. The second-order valence-electron chi connectivity index (χ2n) is 6.60. The smallest absolute Gasteiger partial charge is 0.323 e. The molecule has 0 aromatic carbocycles. The number of ether oxygens (including phenoxy) is 1. The van der Waals surface area contributed by atoms with Gasteiger partial charge in [0, 0.05) is 31.5 Å². The van der Waals surface area contributed by atoms with Crippen molar-refractivity contribution in [2.75, 3.05) is 13.1 Å². The van der Waals surface area contributed by atoms with Crippen molar-refractivity contribution in [3.63, 3.8) is 0 Å². The predicted molar refractivity (Wildman–Crippen MR) is 78.7 cm³/mol. The van der Waals surface area contributed by atoms with E-state index < -0.39 is 0 Å². The van der Waals surface area contributed by atoms with Gasteiger partial charge < -0.3 is 9.64 Å². The molecule has 0 radical (unpaired) electrons. The quantitative estimate of drug-likeness (QED) is 0.741. The standard InChI is InChI=1S/C16H26N2O3/c1-3-15(19)18-9-5-7-13(18)12-6-4-8-17(12)14-10-11(2)21-16(14)20/h11-14H,3-10H2,1-2H3/t11-,12-,13+,14-/m0/s1. The van der Waals surface area contributed by atoms with E-state index in [2.05, 4.69) is 9.80 Å². The van der Waals surface area contributed by atoms with Gasteiger partial charge in [-0.2, -0.15) is 0 Å². The Morgan fingerprint density at radius 3 is 2.62 bits per heavy atom. The van der Waals surface area contributed by atoms with Crippen LogP contribution < -0.4 is 0 Å². The Balaban J connectivity index is 1.74. The van der Waals surface area contributed by atoms with Gasteiger partial charge >= 0.3 is 5.97 Å². The Morgan fingerprint density at radius 1 is 1.24 bits per heavy atom. The first kappa shape index (κ1) is 14.8. The van der Waals surface area contributed by atoms with Crippen LogP contribution in [0.1, 0.15) is 52.4 Å². The maximum atomic E-state index is 12.1. The number of hydrogen-bond donors (Lipinski definition) is 0. The van der Waals surface area contributed by atoms with Crippen molar-refractivity contribution in [2.24, 2.45) is 0 Å². The van der Waals surface area contributed by atoms with Crippen LogP contribution in [-0.2, 0) is 14.3 Å². The van der Waals surface area contributed by atoms with Crippen LogP contribution >= 0.6 is 0 Å². The number of hydrogen-bond acceptors (Lipinski definition) is 4. The Labute approximate surface area is 126 Å². The van der Waals surface area contributed by atoms with Crippen molar-refractivity contribution in [3.05, 3.63) is 0 Å². The van der Waals surface area contributed by atoms with Gasteiger partial charge in [-0.15, -0.1) is 0 Å². The largest absolute Gasteiger partial charge is 0.461 e. The average molecular weight is 294 g/mol. The van der Waals surface area contributed by atoms with Crippen LogP contribution in [0, 0.1) is 0 Å². The molecule has 3 rings (SSSR count). The first-order valence-corrected chi connectivity index (χ1v) is 8.37. The molecule has 0 saturated carbocycles. The molecule has 3 fully saturated rings. The van der Waals surface area contributed by atoms with Crippen LogP contribution in [0.3, 0.4) is 0 Å². The second kappa shape index (κ2) is 5.95. The summed E-state index contributed by atoms with van der Waals surface area (Å²) in [7, 11) is 0. The molecule has 3 aliphatic rings. The highest BCUT2D eigenvalue weighted by Gasteiger charge is 2.46. The minimum Gasteiger partial charge on any atom is -0.461 e. The Bertz CT molecular complexity index is 426. The van der Waals surface area contributed by atoms with Gasteiger partial charge in [-0.05, 0) is 39.2 Å². The van der Waals surface area contributed by atoms with E-state index >= 15 is 0 Å². The summed E-state index contributed by atoms with van der Waals surface area (Å²) in [5, 5.41) is 0. The zero-order chi connectivity index (χ0) is 15.0. The maximum Gasteiger partial charge on any atom is 0.323 e. The van der Waals surface area contributed by atoms with Crippen molar-refractivity contribution in [1.82, 2.24) is 9.80 Å². The summed E-state index contributed by atoms with van der Waals surface area (Å²) < 4.78 is 5.33. The van der Waals surface area contributed by atoms with E-state index in [1.54, 1.807) is 0 Å². The summed E-state index contributed by atoms with van der Waals surface area (Å²) in [6.45, 7) is 5.74. The minimum absolute atomic E-state index is 0.0284. The normalized spacial score (nSPS) is 37.2. The predicted octanol–water partition coefficient (Wildman–Crippen LogP) is 1.56. The van der Waals surface area contributed by atoms with Crippen molar-refractivity contribution >= 4 is 11.9 Å². The topological polar surface area (TPSA) is 49.9 Å². The fraction of sp³-hybridized carbons (Fsp3) is 0.875. The first-order chi connectivity index (χ1) is 10.1. The zero-order valence-electron chi connectivity index (χ0n) is 13.1. The molecule has 0 spiro atoms. The number of nitrogens with zero attached hydrogens (tertiary/aromatic N) is 2. The summed E-state index contributed by atoms with van der Waals surface area (Å²) >= 11 is 0. The van der Waals surface area contributed by atoms with E-state index in [9.17, 15) is 9.59 Å². The molecule has 5 heteroatoms. The fourth-order valence-electron chi connectivity index (χ4n) is 4.33. The van der Waals surface area contributed by atoms with Crippen molar-refractivity contribution in [2.45, 2.75) is 76.6 Å². The molecule has 0 aromatic rings. The van der Waals surface area contributed by atoms with Crippen molar-refractivity contribution in [3.8, 4) is 0 Å². The first-order valence-electron chi connectivity index (χ1n) is 8.37. The van der Waals surface area contributed by atoms with Crippen molar-refractivity contribution < 1.29 is 14.3 Å². The zero-order valence-corrected chi connectivity index (χ0v) is 13.1. The monoisotopic (exact) mass is 294 g/mol. The third kappa shape index (κ3) is 2.68. The highest BCUT2D eigenvalue weighted by molar-refractivity contribution is 5.78. The molecule has 3 aliphatic heterocycles. The fourth-order valence-corrected chi connectivity index (χ4v) is 4.33. The molecule has 0 aromatic heterocycles. The highest BCUT2D eigenvalue weighted by atomic mass is 16.6. The number of esters is 1. The maximum absolute atomic E-state index is 12.1. The molecule has 21 heavy (non-hydrogen) atoms. The third-order valence-electron chi connectivity index (χ3n) is 5.25. The number of cyclic esters (lactones) is 1. The molecule has 4 atom stereocenters. The number of amides is 1. The lowest BCUT2D eigenvalue weighted by Crippen LogP contribution is -2.52. The summed E-state index contributed by atoms with van der Waals surface area (Å²) in [5.41, 5.74) is 0. The van der Waals surface area contributed by atoms with Crippen LogP contribution in [0.5, 0.6) is 0 Å². The molecule has 5 nitrogen and oxygen atoms in total. The average Bonchev–Trinajstić information content (AvgIpc) is 3.15. The number of carbonyl (C=O) groups is 2. The molecule has 1 amide bonds. The van der Waals surface area contributed by atoms with E-state index in [4.69, 9.17) is 4.74 Å². The van der Waals surface area contributed by atoms with Crippen LogP contribution in [0.2, 0.25) is 0 Å². The minimum atomic E-state index is -0.0910. The Kier molecular flexibility index (Phi) is 4.20. The molecular formula is C16H26N2O3. The van der Waals surface area contributed by atoms with Gasteiger partial charge in [0.05, 0.1) is 0 Å². The van der Waals surface area contributed by atoms with Crippen molar-refractivity contribution in [1.29, 1.82) is 0 Å². The number of rotatable bonds is 3. The van der Waals surface area contributed by atoms with Gasteiger partial charge in [-0.1, -0.05) is 6.92 Å². The van der Waals surface area contributed by atoms with Crippen LogP contribution in [0.4, 0.5) is 0 Å². The third-order valence-corrected chi connectivity index (χ3v) is 5.25. The van der Waals surface area contributed by atoms with Gasteiger partial charge in [0.2, 0.25) is 5.91 Å². The molecule has 0 aliphatic carbocycles. The molecule has 3 saturated heterocycles. The summed E-state index contributed by atoms with van der Waals surface area (Å²) in [6.07, 6.45) is 5.77. The second-order valence-corrected chi connectivity index (χ2v) is 6.60. The molecule has 3 heterocycles. The molecule has 0 unspecified atom stereocenters. The lowest BCUT2D eigenvalue weighted by atomic mass is 10.0. The molecular weight excluding hydrogens is 268 g/mol. The van der Waals surface area contributed by atoms with Gasteiger partial charge in [-0.25, -0.2) is 0 Å².